The SMILES string of the molecule is CCCCCCCC(=O)N(CCC(=O)OC(C)CC)CC(C)C. The number of carbonyl (C=O) groups is 2. The quantitative estimate of drug-likeness (QED) is 0.368. The molecule has 1 atom stereocenters. The fourth-order valence-corrected chi connectivity index (χ4v) is 2.39. The maximum atomic E-state index is 12.4. The van der Waals surface area contributed by atoms with Crippen LogP contribution in [-0.2, 0) is 14.3 Å². The van der Waals surface area contributed by atoms with E-state index in [1.807, 2.05) is 18.7 Å². The summed E-state index contributed by atoms with van der Waals surface area (Å²) >= 11 is 0. The van der Waals surface area contributed by atoms with Gasteiger partial charge in [-0.1, -0.05) is 53.4 Å². The van der Waals surface area contributed by atoms with E-state index in [1.165, 1.54) is 19.3 Å². The Morgan fingerprint density at radius 3 is 2.17 bits per heavy atom. The summed E-state index contributed by atoms with van der Waals surface area (Å²) in [6.45, 7) is 11.5. The van der Waals surface area contributed by atoms with Crippen LogP contribution in [0.4, 0.5) is 0 Å². The molecule has 0 bridgehead atoms. The molecular formula is C19H37NO3. The molecule has 0 aromatic rings. The zero-order chi connectivity index (χ0) is 17.7. The average molecular weight is 328 g/mol. The molecule has 4 nitrogen and oxygen atoms in total. The third-order valence-corrected chi connectivity index (χ3v) is 3.93. The van der Waals surface area contributed by atoms with E-state index in [0.29, 0.717) is 31.8 Å². The summed E-state index contributed by atoms with van der Waals surface area (Å²) in [5.74, 6) is 0.375. The average Bonchev–Trinajstić information content (AvgIpc) is 2.50. The number of amides is 1. The van der Waals surface area contributed by atoms with Gasteiger partial charge in [0, 0.05) is 19.5 Å². The lowest BCUT2D eigenvalue weighted by Gasteiger charge is -2.24. The minimum Gasteiger partial charge on any atom is -0.463 e. The lowest BCUT2D eigenvalue weighted by atomic mass is 10.1. The number of carbonyl (C=O) groups excluding carboxylic acids is 2. The molecule has 136 valence electrons. The fraction of sp³-hybridized carbons (Fsp3) is 0.895. The van der Waals surface area contributed by atoms with Crippen molar-refractivity contribution in [1.29, 1.82) is 0 Å². The van der Waals surface area contributed by atoms with E-state index in [0.717, 1.165) is 19.3 Å². The molecule has 0 aliphatic carbocycles. The summed E-state index contributed by atoms with van der Waals surface area (Å²) in [6.07, 6.45) is 7.38. The molecule has 0 rings (SSSR count). The maximum absolute atomic E-state index is 12.4. The van der Waals surface area contributed by atoms with Crippen LogP contribution in [0, 0.1) is 5.92 Å². The van der Waals surface area contributed by atoms with Gasteiger partial charge < -0.3 is 9.64 Å². The summed E-state index contributed by atoms with van der Waals surface area (Å²) in [5, 5.41) is 0. The highest BCUT2D eigenvalue weighted by Crippen LogP contribution is 2.10. The van der Waals surface area contributed by atoms with Crippen molar-refractivity contribution < 1.29 is 14.3 Å². The summed E-state index contributed by atoms with van der Waals surface area (Å²) in [5.41, 5.74) is 0. The molecule has 0 saturated heterocycles. The summed E-state index contributed by atoms with van der Waals surface area (Å²) in [6, 6.07) is 0. The van der Waals surface area contributed by atoms with Crippen LogP contribution in [0.25, 0.3) is 0 Å². The molecule has 0 aromatic carbocycles. The van der Waals surface area contributed by atoms with Gasteiger partial charge in [-0.25, -0.2) is 0 Å². The summed E-state index contributed by atoms with van der Waals surface area (Å²) in [4.78, 5) is 26.0. The topological polar surface area (TPSA) is 46.6 Å². The Morgan fingerprint density at radius 1 is 0.957 bits per heavy atom. The van der Waals surface area contributed by atoms with E-state index in [9.17, 15) is 9.59 Å². The van der Waals surface area contributed by atoms with Crippen molar-refractivity contribution in [3.05, 3.63) is 0 Å². The van der Waals surface area contributed by atoms with Crippen LogP contribution in [0.15, 0.2) is 0 Å². The minimum absolute atomic E-state index is 0.0460. The highest BCUT2D eigenvalue weighted by molar-refractivity contribution is 5.77. The van der Waals surface area contributed by atoms with Crippen molar-refractivity contribution in [3.63, 3.8) is 0 Å². The van der Waals surface area contributed by atoms with Gasteiger partial charge in [0.05, 0.1) is 12.5 Å². The van der Waals surface area contributed by atoms with E-state index in [1.54, 1.807) is 0 Å². The van der Waals surface area contributed by atoms with E-state index in [-0.39, 0.29) is 18.0 Å². The van der Waals surface area contributed by atoms with Crippen LogP contribution in [0.2, 0.25) is 0 Å². The molecule has 0 spiro atoms. The van der Waals surface area contributed by atoms with Crippen LogP contribution < -0.4 is 0 Å². The van der Waals surface area contributed by atoms with Crippen LogP contribution in [-0.4, -0.2) is 36.0 Å². The fourth-order valence-electron chi connectivity index (χ4n) is 2.39. The monoisotopic (exact) mass is 327 g/mol. The normalized spacial score (nSPS) is 12.3. The van der Waals surface area contributed by atoms with Gasteiger partial charge in [0.2, 0.25) is 5.91 Å². The molecular weight excluding hydrogens is 290 g/mol. The molecule has 4 heteroatoms. The lowest BCUT2D eigenvalue weighted by molar-refractivity contribution is -0.149. The number of nitrogens with zero attached hydrogens (tertiary/aromatic N) is 1. The Hall–Kier alpha value is -1.06. The lowest BCUT2D eigenvalue weighted by Crippen LogP contribution is -2.36. The Labute approximate surface area is 143 Å². The van der Waals surface area contributed by atoms with Crippen molar-refractivity contribution in [2.45, 2.75) is 92.1 Å². The molecule has 0 radical (unpaired) electrons. The van der Waals surface area contributed by atoms with Gasteiger partial charge in [-0.15, -0.1) is 0 Å². The van der Waals surface area contributed by atoms with Gasteiger partial charge in [0.25, 0.3) is 0 Å². The molecule has 1 unspecified atom stereocenters. The van der Waals surface area contributed by atoms with Crippen LogP contribution in [0.1, 0.15) is 86.0 Å². The van der Waals surface area contributed by atoms with E-state index < -0.39 is 0 Å². The first-order chi connectivity index (χ1) is 10.9. The Bertz CT molecular complexity index is 329. The third kappa shape index (κ3) is 12.1. The van der Waals surface area contributed by atoms with Gasteiger partial charge in [0.1, 0.15) is 0 Å². The largest absolute Gasteiger partial charge is 0.463 e. The van der Waals surface area contributed by atoms with Crippen molar-refractivity contribution >= 4 is 11.9 Å². The second kappa shape index (κ2) is 13.4. The summed E-state index contributed by atoms with van der Waals surface area (Å²) < 4.78 is 5.28. The van der Waals surface area contributed by atoms with Crippen molar-refractivity contribution in [3.8, 4) is 0 Å². The highest BCUT2D eigenvalue weighted by Gasteiger charge is 2.17. The molecule has 0 aromatic heterocycles. The molecule has 0 aliphatic heterocycles. The standard InChI is InChI=1S/C19H37NO3/c1-6-8-9-10-11-12-18(21)20(15-16(3)4)14-13-19(22)23-17(5)7-2/h16-17H,6-15H2,1-5H3. The predicted octanol–water partition coefficient (Wildman–Crippen LogP) is 4.56. The highest BCUT2D eigenvalue weighted by atomic mass is 16.5. The van der Waals surface area contributed by atoms with E-state index in [4.69, 9.17) is 4.74 Å². The smallest absolute Gasteiger partial charge is 0.307 e. The number of rotatable bonds is 13. The van der Waals surface area contributed by atoms with Crippen molar-refractivity contribution in [2.24, 2.45) is 5.92 Å². The Kier molecular flexibility index (Phi) is 12.8. The Morgan fingerprint density at radius 2 is 1.61 bits per heavy atom. The van der Waals surface area contributed by atoms with Crippen molar-refractivity contribution in [1.82, 2.24) is 4.90 Å². The molecule has 0 N–H and O–H groups in total. The zero-order valence-corrected chi connectivity index (χ0v) is 15.9. The minimum atomic E-state index is -0.205. The van der Waals surface area contributed by atoms with Crippen molar-refractivity contribution in [2.75, 3.05) is 13.1 Å². The second-order valence-electron chi connectivity index (χ2n) is 6.86. The Balaban J connectivity index is 4.23. The predicted molar refractivity (Wildman–Crippen MR) is 95.3 cm³/mol. The van der Waals surface area contributed by atoms with Crippen LogP contribution in [0.3, 0.4) is 0 Å². The molecule has 0 heterocycles. The molecule has 0 fully saturated rings. The number of esters is 1. The van der Waals surface area contributed by atoms with Gasteiger partial charge >= 0.3 is 5.97 Å². The number of unbranched alkanes of at least 4 members (excludes halogenated alkanes) is 4. The number of hydrogen-bond donors (Lipinski definition) is 0. The van der Waals surface area contributed by atoms with Crippen LogP contribution >= 0.6 is 0 Å². The van der Waals surface area contributed by atoms with Gasteiger partial charge in [-0.05, 0) is 25.7 Å². The number of ether oxygens (including phenoxy) is 1. The third-order valence-electron chi connectivity index (χ3n) is 3.93. The van der Waals surface area contributed by atoms with Crippen LogP contribution in [0.5, 0.6) is 0 Å². The number of hydrogen-bond acceptors (Lipinski definition) is 3. The molecule has 0 saturated carbocycles. The first-order valence-electron chi connectivity index (χ1n) is 9.37. The maximum Gasteiger partial charge on any atom is 0.307 e. The van der Waals surface area contributed by atoms with E-state index >= 15 is 0 Å². The van der Waals surface area contributed by atoms with Gasteiger partial charge in [0.15, 0.2) is 0 Å². The molecule has 0 aliphatic rings. The molecule has 23 heavy (non-hydrogen) atoms. The molecule has 1 amide bonds. The van der Waals surface area contributed by atoms with Gasteiger partial charge in [-0.2, -0.15) is 0 Å². The zero-order valence-electron chi connectivity index (χ0n) is 15.9. The first kappa shape index (κ1) is 21.9. The first-order valence-corrected chi connectivity index (χ1v) is 9.37. The summed E-state index contributed by atoms with van der Waals surface area (Å²) in [7, 11) is 0. The van der Waals surface area contributed by atoms with Gasteiger partial charge in [-0.3, -0.25) is 9.59 Å². The van der Waals surface area contributed by atoms with E-state index in [2.05, 4.69) is 20.8 Å². The second-order valence-corrected chi connectivity index (χ2v) is 6.86.